The number of rotatable bonds is 7. The summed E-state index contributed by atoms with van der Waals surface area (Å²) >= 11 is 2.97. The van der Waals surface area contributed by atoms with Gasteiger partial charge in [0.25, 0.3) is 5.91 Å². The van der Waals surface area contributed by atoms with Crippen molar-refractivity contribution in [3.63, 3.8) is 0 Å². The Morgan fingerprint density at radius 1 is 1.28 bits per heavy atom. The molecule has 1 amide bonds. The first-order chi connectivity index (χ1) is 12.1. The summed E-state index contributed by atoms with van der Waals surface area (Å²) in [6.07, 6.45) is 2.38. The Morgan fingerprint density at radius 2 is 2.16 bits per heavy atom. The van der Waals surface area contributed by atoms with Crippen molar-refractivity contribution in [2.45, 2.75) is 26.2 Å². The van der Waals surface area contributed by atoms with Crippen molar-refractivity contribution >= 4 is 39.5 Å². The average Bonchev–Trinajstić information content (AvgIpc) is 3.27. The molecule has 7 nitrogen and oxygen atoms in total. The van der Waals surface area contributed by atoms with Gasteiger partial charge in [-0.25, -0.2) is 9.97 Å². The second-order valence-corrected chi connectivity index (χ2v) is 7.36. The highest BCUT2D eigenvalue weighted by molar-refractivity contribution is 7.13. The molecule has 3 aromatic rings. The van der Waals surface area contributed by atoms with E-state index >= 15 is 0 Å². The van der Waals surface area contributed by atoms with Crippen LogP contribution in [-0.2, 0) is 6.42 Å². The lowest BCUT2D eigenvalue weighted by Gasteiger charge is -2.06. The number of anilines is 2. The second kappa shape index (κ2) is 8.13. The Hall–Kier alpha value is -2.39. The first-order valence-corrected chi connectivity index (χ1v) is 9.59. The molecule has 3 rings (SSSR count). The monoisotopic (exact) mass is 374 g/mol. The van der Waals surface area contributed by atoms with Gasteiger partial charge in [-0.15, -0.1) is 21.5 Å². The van der Waals surface area contributed by atoms with Crippen molar-refractivity contribution in [2.75, 3.05) is 17.2 Å². The predicted molar refractivity (Wildman–Crippen MR) is 100 cm³/mol. The molecule has 0 unspecified atom stereocenters. The molecule has 0 bridgehead atoms. The van der Waals surface area contributed by atoms with Gasteiger partial charge in [-0.3, -0.25) is 10.1 Å². The number of carbonyl (C=O) groups excluding carboxylic acids is 1. The number of hydrogen-bond donors (Lipinski definition) is 2. The van der Waals surface area contributed by atoms with Crippen LogP contribution in [-0.4, -0.2) is 32.6 Å². The zero-order chi connectivity index (χ0) is 17.6. The average molecular weight is 374 g/mol. The third-order valence-corrected chi connectivity index (χ3v) is 5.16. The minimum Gasteiger partial charge on any atom is -0.370 e. The number of carbonyl (C=O) groups is 1. The molecule has 0 atom stereocenters. The lowest BCUT2D eigenvalue weighted by Crippen LogP contribution is -2.13. The molecule has 0 aromatic carbocycles. The van der Waals surface area contributed by atoms with Crippen LogP contribution in [0.1, 0.15) is 40.8 Å². The summed E-state index contributed by atoms with van der Waals surface area (Å²) in [5, 5.41) is 17.1. The van der Waals surface area contributed by atoms with E-state index in [9.17, 15) is 4.79 Å². The normalized spacial score (nSPS) is 10.8. The summed E-state index contributed by atoms with van der Waals surface area (Å²) in [5.41, 5.74) is 3.13. The van der Waals surface area contributed by atoms with E-state index in [0.717, 1.165) is 24.5 Å². The number of thiazole rings is 1. The summed E-state index contributed by atoms with van der Waals surface area (Å²) < 4.78 is 0. The van der Waals surface area contributed by atoms with E-state index in [4.69, 9.17) is 0 Å². The number of pyridine rings is 1. The molecule has 0 spiro atoms. The topological polar surface area (TPSA) is 92.7 Å². The molecule has 9 heteroatoms. The van der Waals surface area contributed by atoms with Crippen LogP contribution in [0.15, 0.2) is 29.2 Å². The van der Waals surface area contributed by atoms with Crippen LogP contribution in [0.4, 0.5) is 10.9 Å². The van der Waals surface area contributed by atoms with Gasteiger partial charge in [0.2, 0.25) is 5.13 Å². The maximum Gasteiger partial charge on any atom is 0.259 e. The number of nitrogens with zero attached hydrogens (tertiary/aromatic N) is 4. The van der Waals surface area contributed by atoms with Gasteiger partial charge in [-0.1, -0.05) is 25.2 Å². The molecule has 0 radical (unpaired) electrons. The van der Waals surface area contributed by atoms with Crippen LogP contribution in [0.2, 0.25) is 0 Å². The highest BCUT2D eigenvalue weighted by Crippen LogP contribution is 2.19. The molecule has 3 heterocycles. The molecule has 0 saturated heterocycles. The van der Waals surface area contributed by atoms with Gasteiger partial charge in [0, 0.05) is 30.5 Å². The summed E-state index contributed by atoms with van der Waals surface area (Å²) in [6.45, 7) is 5.03. The molecular formula is C16H18N6OS2. The Labute approximate surface area is 153 Å². The van der Waals surface area contributed by atoms with Gasteiger partial charge >= 0.3 is 0 Å². The minimum absolute atomic E-state index is 0.250. The third-order valence-electron chi connectivity index (χ3n) is 3.36. The van der Waals surface area contributed by atoms with E-state index in [1.54, 1.807) is 35.2 Å². The van der Waals surface area contributed by atoms with Crippen LogP contribution in [0.5, 0.6) is 0 Å². The van der Waals surface area contributed by atoms with E-state index in [0.29, 0.717) is 16.6 Å². The van der Waals surface area contributed by atoms with Crippen LogP contribution in [0, 0.1) is 0 Å². The van der Waals surface area contributed by atoms with E-state index in [-0.39, 0.29) is 5.91 Å². The standard InChI is InChI=1S/C16H18N6OS2/c1-10(2)15-20-12(8-24-15)5-6-17-13-4-3-11(7-18-13)14(23)21-16-22-19-9-25-16/h3-4,7-10H,5-6H2,1-2H3,(H,17,18)(H,21,22,23). The molecule has 130 valence electrons. The van der Waals surface area contributed by atoms with E-state index < -0.39 is 0 Å². The Morgan fingerprint density at radius 3 is 2.80 bits per heavy atom. The van der Waals surface area contributed by atoms with E-state index in [1.807, 2.05) is 0 Å². The lowest BCUT2D eigenvalue weighted by atomic mass is 10.2. The first kappa shape index (κ1) is 17.4. The van der Waals surface area contributed by atoms with Crippen molar-refractivity contribution in [3.8, 4) is 0 Å². The fourth-order valence-electron chi connectivity index (χ4n) is 2.05. The maximum absolute atomic E-state index is 12.0. The lowest BCUT2D eigenvalue weighted by molar-refractivity contribution is 0.102. The predicted octanol–water partition coefficient (Wildman–Crippen LogP) is 3.42. The van der Waals surface area contributed by atoms with Gasteiger partial charge in [0.05, 0.1) is 16.3 Å². The van der Waals surface area contributed by atoms with Gasteiger partial charge < -0.3 is 5.32 Å². The molecule has 0 aliphatic heterocycles. The fraction of sp³-hybridized carbons (Fsp3) is 0.312. The minimum atomic E-state index is -0.250. The quantitative estimate of drug-likeness (QED) is 0.658. The maximum atomic E-state index is 12.0. The summed E-state index contributed by atoms with van der Waals surface area (Å²) in [5.74, 6) is 0.943. The van der Waals surface area contributed by atoms with Crippen molar-refractivity contribution < 1.29 is 4.79 Å². The van der Waals surface area contributed by atoms with Crippen molar-refractivity contribution in [3.05, 3.63) is 45.5 Å². The molecule has 0 aliphatic rings. The zero-order valence-electron chi connectivity index (χ0n) is 13.9. The molecule has 2 N–H and O–H groups in total. The van der Waals surface area contributed by atoms with Crippen LogP contribution >= 0.6 is 22.7 Å². The van der Waals surface area contributed by atoms with Crippen molar-refractivity contribution in [1.82, 2.24) is 20.2 Å². The second-order valence-electron chi connectivity index (χ2n) is 5.64. The first-order valence-electron chi connectivity index (χ1n) is 7.83. The van der Waals surface area contributed by atoms with Gasteiger partial charge in [-0.2, -0.15) is 0 Å². The summed E-state index contributed by atoms with van der Waals surface area (Å²) in [6, 6.07) is 3.51. The highest BCUT2D eigenvalue weighted by Gasteiger charge is 2.09. The van der Waals surface area contributed by atoms with E-state index in [2.05, 4.69) is 50.0 Å². The van der Waals surface area contributed by atoms with Gasteiger partial charge in [0.1, 0.15) is 11.3 Å². The number of aromatic nitrogens is 4. The van der Waals surface area contributed by atoms with Gasteiger partial charge in [0.15, 0.2) is 0 Å². The largest absolute Gasteiger partial charge is 0.370 e. The van der Waals surface area contributed by atoms with Crippen molar-refractivity contribution in [1.29, 1.82) is 0 Å². The molecule has 0 saturated carbocycles. The molecule has 3 aromatic heterocycles. The van der Waals surface area contributed by atoms with Crippen LogP contribution in [0.3, 0.4) is 0 Å². The number of amides is 1. The molecular weight excluding hydrogens is 356 g/mol. The molecule has 0 fully saturated rings. The highest BCUT2D eigenvalue weighted by atomic mass is 32.1. The van der Waals surface area contributed by atoms with Crippen LogP contribution < -0.4 is 10.6 Å². The smallest absolute Gasteiger partial charge is 0.259 e. The number of hydrogen-bond acceptors (Lipinski definition) is 8. The summed E-state index contributed by atoms with van der Waals surface area (Å²) in [4.78, 5) is 20.9. The SMILES string of the molecule is CC(C)c1nc(CCNc2ccc(C(=O)Nc3nncs3)cn2)cs1. The van der Waals surface area contributed by atoms with Crippen molar-refractivity contribution in [2.24, 2.45) is 0 Å². The zero-order valence-corrected chi connectivity index (χ0v) is 15.5. The fourth-order valence-corrected chi connectivity index (χ4v) is 3.36. The Balaban J connectivity index is 1.49. The number of nitrogens with one attached hydrogen (secondary N) is 2. The Kier molecular flexibility index (Phi) is 5.67. The van der Waals surface area contributed by atoms with Crippen LogP contribution in [0.25, 0.3) is 0 Å². The molecule has 0 aliphatic carbocycles. The third kappa shape index (κ3) is 4.80. The van der Waals surface area contributed by atoms with E-state index in [1.165, 1.54) is 16.3 Å². The Bertz CT molecular complexity index is 814. The molecule has 25 heavy (non-hydrogen) atoms. The van der Waals surface area contributed by atoms with Gasteiger partial charge in [-0.05, 0) is 12.1 Å². The summed E-state index contributed by atoms with van der Waals surface area (Å²) in [7, 11) is 0.